The largest absolute Gasteiger partial charge is 0.333 e. The Hall–Kier alpha value is -2.95. The maximum Gasteiger partial charge on any atom is 0.266 e. The molecule has 0 bridgehead atoms. The zero-order chi connectivity index (χ0) is 22.7. The number of benzene rings is 2. The molecule has 2 aromatic carbocycles. The fraction of sp³-hybridized carbons (Fsp3) is 0.444. The highest BCUT2D eigenvalue weighted by Crippen LogP contribution is 2.30. The van der Waals surface area contributed by atoms with E-state index in [2.05, 4.69) is 0 Å². The molecule has 0 aliphatic heterocycles. The summed E-state index contributed by atoms with van der Waals surface area (Å²) in [4.78, 5) is 33.5. The zero-order valence-corrected chi connectivity index (χ0v) is 19.4. The van der Waals surface area contributed by atoms with Crippen molar-refractivity contribution in [1.29, 1.82) is 0 Å². The molecular formula is C27H33N3O2. The number of hydrogen-bond donors (Lipinski definition) is 0. The van der Waals surface area contributed by atoms with Crippen molar-refractivity contribution in [1.82, 2.24) is 14.5 Å². The average Bonchev–Trinajstić information content (AvgIpc) is 3.32. The monoisotopic (exact) mass is 431 g/mol. The minimum atomic E-state index is -0.311. The smallest absolute Gasteiger partial charge is 0.266 e. The molecule has 1 unspecified atom stereocenters. The maximum absolute atomic E-state index is 13.6. The molecule has 1 heterocycles. The Kier molecular flexibility index (Phi) is 6.73. The molecule has 4 rings (SSSR count). The van der Waals surface area contributed by atoms with E-state index in [1.807, 2.05) is 74.2 Å². The van der Waals surface area contributed by atoms with E-state index in [4.69, 9.17) is 4.98 Å². The number of nitrogens with zero attached hydrogens (tertiary/aromatic N) is 3. The van der Waals surface area contributed by atoms with Gasteiger partial charge in [-0.1, -0.05) is 49.9 Å². The van der Waals surface area contributed by atoms with Gasteiger partial charge in [-0.25, -0.2) is 4.98 Å². The molecule has 3 aromatic rings. The summed E-state index contributed by atoms with van der Waals surface area (Å²) >= 11 is 0. The third-order valence-corrected chi connectivity index (χ3v) is 6.80. The number of aromatic nitrogens is 2. The lowest BCUT2D eigenvalue weighted by Gasteiger charge is -2.30. The van der Waals surface area contributed by atoms with Crippen LogP contribution in [-0.4, -0.2) is 26.9 Å². The number of carbonyl (C=O) groups is 1. The van der Waals surface area contributed by atoms with Crippen LogP contribution in [0.1, 0.15) is 69.8 Å². The van der Waals surface area contributed by atoms with Crippen LogP contribution in [0.3, 0.4) is 0 Å². The van der Waals surface area contributed by atoms with Crippen LogP contribution in [0.25, 0.3) is 16.6 Å². The molecular weight excluding hydrogens is 398 g/mol. The fourth-order valence-corrected chi connectivity index (χ4v) is 5.02. The van der Waals surface area contributed by atoms with Gasteiger partial charge in [-0.2, -0.15) is 0 Å². The summed E-state index contributed by atoms with van der Waals surface area (Å²) in [5, 5.41) is 0.584. The molecule has 1 saturated carbocycles. The molecule has 1 aliphatic rings. The number of rotatable bonds is 7. The van der Waals surface area contributed by atoms with Gasteiger partial charge >= 0.3 is 0 Å². The second kappa shape index (κ2) is 9.68. The van der Waals surface area contributed by atoms with E-state index in [0.717, 1.165) is 17.7 Å². The first-order valence-corrected chi connectivity index (χ1v) is 11.9. The lowest BCUT2D eigenvalue weighted by Crippen LogP contribution is -2.37. The van der Waals surface area contributed by atoms with Crippen LogP contribution in [0.2, 0.25) is 0 Å². The molecule has 5 heteroatoms. The van der Waals surface area contributed by atoms with Crippen molar-refractivity contribution in [2.45, 2.75) is 65.3 Å². The molecule has 0 spiro atoms. The number of aryl methyl sites for hydroxylation is 1. The minimum Gasteiger partial charge on any atom is -0.333 e. The number of hydrogen-bond acceptors (Lipinski definition) is 3. The Bertz CT molecular complexity index is 1160. The van der Waals surface area contributed by atoms with E-state index >= 15 is 0 Å². The SMILES string of the molecule is CCN(C(=O)CCC1CCCC1)C(C)c1nc2ccccc2c(=O)n1-c1cccc(C)c1. The zero-order valence-electron chi connectivity index (χ0n) is 19.4. The van der Waals surface area contributed by atoms with Crippen LogP contribution in [-0.2, 0) is 4.79 Å². The normalized spacial score (nSPS) is 15.2. The van der Waals surface area contributed by atoms with Gasteiger partial charge in [0.2, 0.25) is 5.91 Å². The van der Waals surface area contributed by atoms with Gasteiger partial charge in [-0.15, -0.1) is 0 Å². The number of para-hydroxylation sites is 1. The number of carbonyl (C=O) groups excluding carboxylic acids is 1. The third kappa shape index (κ3) is 4.47. The van der Waals surface area contributed by atoms with Crippen molar-refractivity contribution >= 4 is 16.8 Å². The van der Waals surface area contributed by atoms with Gasteiger partial charge in [0.05, 0.1) is 22.6 Å². The molecule has 1 atom stereocenters. The fourth-order valence-electron chi connectivity index (χ4n) is 5.02. The summed E-state index contributed by atoms with van der Waals surface area (Å²) < 4.78 is 1.69. The van der Waals surface area contributed by atoms with E-state index in [0.29, 0.717) is 35.6 Å². The molecule has 32 heavy (non-hydrogen) atoms. The maximum atomic E-state index is 13.6. The van der Waals surface area contributed by atoms with E-state index in [1.165, 1.54) is 25.7 Å². The van der Waals surface area contributed by atoms with Crippen molar-refractivity contribution in [2.24, 2.45) is 5.92 Å². The predicted molar refractivity (Wildman–Crippen MR) is 129 cm³/mol. The highest BCUT2D eigenvalue weighted by Gasteiger charge is 2.26. The van der Waals surface area contributed by atoms with Crippen LogP contribution in [0.4, 0.5) is 0 Å². The van der Waals surface area contributed by atoms with Crippen LogP contribution >= 0.6 is 0 Å². The number of fused-ring (bicyclic) bond motifs is 1. The minimum absolute atomic E-state index is 0.0995. The van der Waals surface area contributed by atoms with Crippen LogP contribution in [0, 0.1) is 12.8 Å². The summed E-state index contributed by atoms with van der Waals surface area (Å²) in [5.41, 5.74) is 2.42. The van der Waals surface area contributed by atoms with Gasteiger partial charge < -0.3 is 4.90 Å². The van der Waals surface area contributed by atoms with E-state index in [9.17, 15) is 9.59 Å². The average molecular weight is 432 g/mol. The lowest BCUT2D eigenvalue weighted by molar-refractivity contribution is -0.133. The van der Waals surface area contributed by atoms with E-state index in [1.54, 1.807) is 4.57 Å². The molecule has 5 nitrogen and oxygen atoms in total. The Labute approximate surface area is 190 Å². The Morgan fingerprint density at radius 2 is 1.91 bits per heavy atom. The van der Waals surface area contributed by atoms with Crippen molar-refractivity contribution in [3.05, 3.63) is 70.3 Å². The second-order valence-corrected chi connectivity index (χ2v) is 9.01. The molecule has 0 saturated heterocycles. The second-order valence-electron chi connectivity index (χ2n) is 9.01. The first kappa shape index (κ1) is 22.3. The van der Waals surface area contributed by atoms with Crippen molar-refractivity contribution in [2.75, 3.05) is 6.54 Å². The summed E-state index contributed by atoms with van der Waals surface area (Å²) in [7, 11) is 0. The summed E-state index contributed by atoms with van der Waals surface area (Å²) in [6.45, 7) is 6.58. The highest BCUT2D eigenvalue weighted by atomic mass is 16.2. The van der Waals surface area contributed by atoms with Crippen molar-refractivity contribution in [3.8, 4) is 5.69 Å². The van der Waals surface area contributed by atoms with E-state index < -0.39 is 0 Å². The first-order chi connectivity index (χ1) is 15.5. The van der Waals surface area contributed by atoms with Crippen molar-refractivity contribution in [3.63, 3.8) is 0 Å². The molecule has 1 aliphatic carbocycles. The van der Waals surface area contributed by atoms with Crippen molar-refractivity contribution < 1.29 is 4.79 Å². The number of amides is 1. The summed E-state index contributed by atoms with van der Waals surface area (Å²) in [6.07, 6.45) is 6.58. The highest BCUT2D eigenvalue weighted by molar-refractivity contribution is 5.79. The molecule has 1 fully saturated rings. The molecule has 1 amide bonds. The van der Waals surface area contributed by atoms with Crippen LogP contribution in [0.15, 0.2) is 53.3 Å². The van der Waals surface area contributed by atoms with E-state index in [-0.39, 0.29) is 17.5 Å². The predicted octanol–water partition coefficient (Wildman–Crippen LogP) is 5.57. The van der Waals surface area contributed by atoms with Crippen LogP contribution < -0.4 is 5.56 Å². The Morgan fingerprint density at radius 3 is 2.62 bits per heavy atom. The van der Waals surface area contributed by atoms with Gasteiger partial charge in [0.1, 0.15) is 5.82 Å². The van der Waals surface area contributed by atoms with Crippen LogP contribution in [0.5, 0.6) is 0 Å². The Balaban J connectivity index is 1.74. The Morgan fingerprint density at radius 1 is 1.16 bits per heavy atom. The lowest BCUT2D eigenvalue weighted by atomic mass is 10.0. The topological polar surface area (TPSA) is 55.2 Å². The standard InChI is InChI=1S/C27H33N3O2/c1-4-29(25(31)17-16-21-11-5-6-12-21)20(3)26-28-24-15-8-7-14-23(24)27(32)30(26)22-13-9-10-19(2)18-22/h7-10,13-15,18,20-21H,4-6,11-12,16-17H2,1-3H3. The van der Waals surface area contributed by atoms with Gasteiger partial charge in [0, 0.05) is 13.0 Å². The first-order valence-electron chi connectivity index (χ1n) is 11.9. The summed E-state index contributed by atoms with van der Waals surface area (Å²) in [5.74, 6) is 1.43. The molecule has 0 radical (unpaired) electrons. The quantitative estimate of drug-likeness (QED) is 0.491. The van der Waals surface area contributed by atoms with Gasteiger partial charge in [-0.3, -0.25) is 14.2 Å². The van der Waals surface area contributed by atoms with Gasteiger partial charge in [0.25, 0.3) is 5.56 Å². The molecule has 0 N–H and O–H groups in total. The summed E-state index contributed by atoms with van der Waals surface area (Å²) in [6, 6.07) is 15.0. The third-order valence-electron chi connectivity index (χ3n) is 6.80. The van der Waals surface area contributed by atoms with Gasteiger partial charge in [0.15, 0.2) is 0 Å². The molecule has 168 valence electrons. The molecule has 1 aromatic heterocycles. The van der Waals surface area contributed by atoms with Gasteiger partial charge in [-0.05, 0) is 62.9 Å².